The number of carbonyl (C=O) groups excluding carboxylic acids is 1. The van der Waals surface area contributed by atoms with Crippen molar-refractivity contribution in [2.45, 2.75) is 32.3 Å². The molecule has 0 spiro atoms. The summed E-state index contributed by atoms with van der Waals surface area (Å²) in [5, 5.41) is 13.1. The van der Waals surface area contributed by atoms with Crippen molar-refractivity contribution in [3.63, 3.8) is 0 Å². The van der Waals surface area contributed by atoms with E-state index >= 15 is 0 Å². The van der Waals surface area contributed by atoms with Crippen LogP contribution in [0.25, 0.3) is 0 Å². The number of unbranched alkanes of at least 4 members (excludes halogenated alkanes) is 3. The molecule has 0 heterocycles. The molecule has 0 saturated carbocycles. The van der Waals surface area contributed by atoms with Crippen molar-refractivity contribution >= 4 is 50.9 Å². The van der Waals surface area contributed by atoms with Crippen molar-refractivity contribution in [3.8, 4) is 0 Å². The van der Waals surface area contributed by atoms with Gasteiger partial charge in [0, 0.05) is 18.7 Å². The van der Waals surface area contributed by atoms with E-state index in [9.17, 15) is 52.4 Å². The SMILES string of the molecule is O=C(NCCCCCCOP(=O)(O)OP(=O)(O)OP(=O)(O)OP(=O)(O)OP(=O)(O)O)OCc1ccc([N+](=O)[O-])cc1. The van der Waals surface area contributed by atoms with Gasteiger partial charge < -0.3 is 39.4 Å². The Morgan fingerprint density at radius 1 is 0.756 bits per heavy atom. The summed E-state index contributed by atoms with van der Waals surface area (Å²) >= 11 is 0. The van der Waals surface area contributed by atoms with Gasteiger partial charge in [-0.05, 0) is 30.5 Å². The molecule has 4 unspecified atom stereocenters. The predicted octanol–water partition coefficient (Wildman–Crippen LogP) is 2.96. The molecule has 7 N–H and O–H groups in total. The number of alkyl carbamates (subject to hydrolysis) is 1. The number of nitro groups is 1. The summed E-state index contributed by atoms with van der Waals surface area (Å²) in [4.78, 5) is 75.5. The van der Waals surface area contributed by atoms with Crippen LogP contribution in [0.1, 0.15) is 31.2 Å². The number of nitro benzene ring substituents is 1. The largest absolute Gasteiger partial charge is 0.490 e. The van der Waals surface area contributed by atoms with Gasteiger partial charge in [-0.3, -0.25) is 14.6 Å². The van der Waals surface area contributed by atoms with Crippen LogP contribution in [0.5, 0.6) is 0 Å². The summed E-state index contributed by atoms with van der Waals surface area (Å²) in [6.07, 6.45) is 0.607. The Morgan fingerprint density at radius 3 is 1.76 bits per heavy atom. The molecule has 0 aromatic heterocycles. The number of phosphoric ester groups is 1. The minimum atomic E-state index is -6.16. The van der Waals surface area contributed by atoms with Gasteiger partial charge in [-0.1, -0.05) is 12.8 Å². The van der Waals surface area contributed by atoms with Gasteiger partial charge >= 0.3 is 45.2 Å². The summed E-state index contributed by atoms with van der Waals surface area (Å²) in [6.45, 7) is -0.462. The van der Waals surface area contributed by atoms with Crippen molar-refractivity contribution < 1.29 is 88.4 Å². The van der Waals surface area contributed by atoms with Gasteiger partial charge in [-0.2, -0.15) is 17.2 Å². The third-order valence-corrected chi connectivity index (χ3v) is 11.1. The van der Waals surface area contributed by atoms with E-state index in [0.717, 1.165) is 0 Å². The second kappa shape index (κ2) is 15.9. The van der Waals surface area contributed by atoms with Gasteiger partial charge in [0.15, 0.2) is 0 Å². The normalized spacial score (nSPS) is 17.8. The molecule has 0 radical (unpaired) electrons. The van der Waals surface area contributed by atoms with E-state index in [1.165, 1.54) is 24.3 Å². The zero-order valence-corrected chi connectivity index (χ0v) is 24.8. The van der Waals surface area contributed by atoms with E-state index in [0.29, 0.717) is 24.8 Å². The predicted molar refractivity (Wildman–Crippen MR) is 131 cm³/mol. The highest BCUT2D eigenvalue weighted by molar-refractivity contribution is 7.71. The number of ether oxygens (including phenoxy) is 1. The summed E-state index contributed by atoms with van der Waals surface area (Å²) in [7, 11) is -29.4. The lowest BCUT2D eigenvalue weighted by Gasteiger charge is -2.19. The number of hydrogen-bond acceptors (Lipinski definition) is 14. The maximum absolute atomic E-state index is 11.8. The quantitative estimate of drug-likeness (QED) is 0.0473. The van der Waals surface area contributed by atoms with E-state index in [1.807, 2.05) is 0 Å². The minimum Gasteiger partial charge on any atom is -0.445 e. The maximum atomic E-state index is 11.8. The molecule has 41 heavy (non-hydrogen) atoms. The topological polar surface area (TPSA) is 334 Å². The van der Waals surface area contributed by atoms with Crippen LogP contribution in [-0.2, 0) is 55.9 Å². The Bertz CT molecular complexity index is 1280. The first-order chi connectivity index (χ1) is 18.6. The molecular weight excluding hydrogens is 671 g/mol. The van der Waals surface area contributed by atoms with Gasteiger partial charge in [-0.15, -0.1) is 0 Å². The number of phosphoric acid groups is 5. The molecule has 0 aliphatic carbocycles. The first-order valence-electron chi connectivity index (χ1n) is 10.6. The molecule has 236 valence electrons. The molecule has 1 rings (SSSR count). The van der Waals surface area contributed by atoms with E-state index in [-0.39, 0.29) is 25.3 Å². The second-order valence-corrected chi connectivity index (χ2v) is 15.0. The smallest absolute Gasteiger partial charge is 0.445 e. The summed E-state index contributed by atoms with van der Waals surface area (Å²) in [5.74, 6) is 0. The molecule has 0 aliphatic rings. The Balaban J connectivity index is 2.29. The van der Waals surface area contributed by atoms with E-state index in [1.54, 1.807) is 0 Å². The van der Waals surface area contributed by atoms with Gasteiger partial charge in [-0.25, -0.2) is 27.6 Å². The first-order valence-corrected chi connectivity index (χ1v) is 18.1. The third-order valence-electron chi connectivity index (χ3n) is 3.94. The van der Waals surface area contributed by atoms with E-state index in [2.05, 4.69) is 27.1 Å². The Morgan fingerprint density at radius 2 is 1.24 bits per heavy atom. The molecule has 27 heteroatoms. The molecule has 0 aliphatic heterocycles. The Kier molecular flexibility index (Phi) is 14.6. The van der Waals surface area contributed by atoms with E-state index < -0.39 is 56.7 Å². The number of benzene rings is 1. The third kappa shape index (κ3) is 18.0. The second-order valence-electron chi connectivity index (χ2n) is 7.37. The van der Waals surface area contributed by atoms with Crippen LogP contribution < -0.4 is 5.32 Å². The van der Waals surface area contributed by atoms with Crippen molar-refractivity contribution in [1.29, 1.82) is 0 Å². The lowest BCUT2D eigenvalue weighted by molar-refractivity contribution is -0.384. The summed E-state index contributed by atoms with van der Waals surface area (Å²) in [6, 6.07) is 5.38. The van der Waals surface area contributed by atoms with E-state index in [4.69, 9.17) is 19.4 Å². The molecule has 1 aromatic rings. The van der Waals surface area contributed by atoms with Crippen LogP contribution in [-0.4, -0.2) is 53.5 Å². The Hall–Kier alpha value is -1.40. The van der Waals surface area contributed by atoms with Crippen LogP contribution in [0.3, 0.4) is 0 Å². The molecule has 4 atom stereocenters. The molecule has 1 aromatic carbocycles. The summed E-state index contributed by atoms with van der Waals surface area (Å²) < 4.78 is 79.9. The van der Waals surface area contributed by atoms with Crippen molar-refractivity contribution in [2.24, 2.45) is 0 Å². The van der Waals surface area contributed by atoms with Gasteiger partial charge in [0.25, 0.3) is 5.69 Å². The average molecular weight is 696 g/mol. The highest BCUT2D eigenvalue weighted by Gasteiger charge is 2.47. The molecule has 0 bridgehead atoms. The van der Waals surface area contributed by atoms with Crippen LogP contribution in [0.4, 0.5) is 10.5 Å². The lowest BCUT2D eigenvalue weighted by Crippen LogP contribution is -2.25. The highest BCUT2D eigenvalue weighted by atomic mass is 31.3. The zero-order chi connectivity index (χ0) is 31.5. The van der Waals surface area contributed by atoms with Crippen LogP contribution in [0, 0.1) is 10.1 Å². The zero-order valence-electron chi connectivity index (χ0n) is 20.3. The summed E-state index contributed by atoms with van der Waals surface area (Å²) in [5.41, 5.74) is 0.416. The van der Waals surface area contributed by atoms with Crippen LogP contribution in [0.15, 0.2) is 24.3 Å². The Labute approximate surface area is 230 Å². The molecule has 0 saturated heterocycles. The lowest BCUT2D eigenvalue weighted by atomic mass is 10.2. The van der Waals surface area contributed by atoms with Crippen LogP contribution >= 0.6 is 39.1 Å². The highest BCUT2D eigenvalue weighted by Crippen LogP contribution is 2.73. The fourth-order valence-electron chi connectivity index (χ4n) is 2.46. The standard InChI is InChI=1S/C14H25N2O20P5/c17-14(31-11-12-5-7-13(8-6-12)16(18)19)15-9-3-1-2-4-10-32-38(23,24)34-40(27,28)36-41(29,30)35-39(25,26)33-37(20,21)22/h5-8H,1-4,9-11H2,(H,15,17)(H,23,24)(H,25,26)(H,27,28)(H,29,30)(H2,20,21,22). The maximum Gasteiger partial charge on any atom is 0.490 e. The number of amides is 1. The first kappa shape index (κ1) is 37.6. The molecule has 1 amide bonds. The van der Waals surface area contributed by atoms with Crippen molar-refractivity contribution in [1.82, 2.24) is 5.32 Å². The molecular formula is C14H25N2O20P5. The van der Waals surface area contributed by atoms with Gasteiger partial charge in [0.2, 0.25) is 0 Å². The monoisotopic (exact) mass is 696 g/mol. The molecule has 0 fully saturated rings. The minimum absolute atomic E-state index is 0.0874. The van der Waals surface area contributed by atoms with Crippen molar-refractivity contribution in [3.05, 3.63) is 39.9 Å². The number of nitrogens with one attached hydrogen (secondary N) is 1. The van der Waals surface area contributed by atoms with Crippen LogP contribution in [0.2, 0.25) is 0 Å². The fourth-order valence-corrected chi connectivity index (χ4v) is 8.37. The number of rotatable bonds is 19. The molecule has 22 nitrogen and oxygen atoms in total. The fraction of sp³-hybridized carbons (Fsp3) is 0.500. The number of hydrogen-bond donors (Lipinski definition) is 7. The van der Waals surface area contributed by atoms with Gasteiger partial charge in [0.1, 0.15) is 6.61 Å². The average Bonchev–Trinajstić information content (AvgIpc) is 2.75. The van der Waals surface area contributed by atoms with Gasteiger partial charge in [0.05, 0.1) is 11.5 Å². The number of nitrogens with zero attached hydrogens (tertiary/aromatic N) is 1. The number of non-ortho nitro benzene ring substituents is 1. The number of carbonyl (C=O) groups is 1. The van der Waals surface area contributed by atoms with Crippen molar-refractivity contribution in [2.75, 3.05) is 13.2 Å².